The Kier molecular flexibility index (Phi) is 3.96. The zero-order valence-electron chi connectivity index (χ0n) is 12.0. The van der Waals surface area contributed by atoms with Gasteiger partial charge >= 0.3 is 0 Å². The average Bonchev–Trinajstić information content (AvgIpc) is 2.95. The Morgan fingerprint density at radius 3 is 2.71 bits per heavy atom. The van der Waals surface area contributed by atoms with Crippen molar-refractivity contribution >= 4 is 23.2 Å². The number of imidazole rings is 1. The van der Waals surface area contributed by atoms with Gasteiger partial charge in [-0.15, -0.1) is 0 Å². The van der Waals surface area contributed by atoms with Crippen LogP contribution in [-0.2, 0) is 0 Å². The van der Waals surface area contributed by atoms with E-state index in [2.05, 4.69) is 51.7 Å². The number of nitrogens with one attached hydrogen (secondary N) is 2. The second-order valence-electron chi connectivity index (χ2n) is 5.07. The Labute approximate surface area is 123 Å². The number of H-pyrrole nitrogens is 1. The molecule has 0 amide bonds. The summed E-state index contributed by atoms with van der Waals surface area (Å²) in [6.45, 7) is 2.20. The van der Waals surface area contributed by atoms with Crippen molar-refractivity contribution < 1.29 is 0 Å². The number of hydrogen-bond acceptors (Lipinski definition) is 3. The monoisotopic (exact) mass is 278 g/mol. The van der Waals surface area contributed by atoms with E-state index in [1.807, 2.05) is 36.5 Å². The van der Waals surface area contributed by atoms with Crippen LogP contribution in [0.5, 0.6) is 0 Å². The topological polar surface area (TPSA) is 53.1 Å². The molecule has 1 aromatic heterocycles. The predicted molar refractivity (Wildman–Crippen MR) is 87.7 cm³/mol. The molecule has 0 aliphatic carbocycles. The summed E-state index contributed by atoms with van der Waals surface area (Å²) in [5.41, 5.74) is 6.22. The number of benzene rings is 2. The molecule has 2 aromatic carbocycles. The van der Waals surface area contributed by atoms with Crippen LogP contribution in [-0.4, -0.2) is 16.2 Å². The van der Waals surface area contributed by atoms with Gasteiger partial charge in [0.15, 0.2) is 0 Å². The molecule has 106 valence electrons. The molecule has 3 rings (SSSR count). The summed E-state index contributed by atoms with van der Waals surface area (Å²) >= 11 is 0. The van der Waals surface area contributed by atoms with Gasteiger partial charge in [-0.05, 0) is 30.0 Å². The first-order valence-corrected chi connectivity index (χ1v) is 7.10. The van der Waals surface area contributed by atoms with Crippen molar-refractivity contribution in [2.24, 2.45) is 5.10 Å². The molecule has 0 unspecified atom stereocenters. The van der Waals surface area contributed by atoms with Crippen LogP contribution in [0.4, 0.5) is 5.95 Å². The van der Waals surface area contributed by atoms with Crippen molar-refractivity contribution in [3.05, 3.63) is 60.2 Å². The molecule has 0 aliphatic rings. The molecular weight excluding hydrogens is 260 g/mol. The summed E-state index contributed by atoms with van der Waals surface area (Å²) in [6, 6.07) is 18.4. The highest BCUT2D eigenvalue weighted by atomic mass is 15.3. The number of fused-ring (bicyclic) bond motifs is 1. The van der Waals surface area contributed by atoms with Gasteiger partial charge in [0, 0.05) is 6.21 Å². The number of hydrogen-bond donors (Lipinski definition) is 2. The van der Waals surface area contributed by atoms with Crippen molar-refractivity contribution in [1.82, 2.24) is 9.97 Å². The van der Waals surface area contributed by atoms with Gasteiger partial charge in [-0.25, -0.2) is 10.4 Å². The van der Waals surface area contributed by atoms with Gasteiger partial charge in [-0.1, -0.05) is 49.4 Å². The number of para-hydroxylation sites is 2. The summed E-state index contributed by atoms with van der Waals surface area (Å²) < 4.78 is 0. The largest absolute Gasteiger partial charge is 0.323 e. The van der Waals surface area contributed by atoms with Gasteiger partial charge in [0.05, 0.1) is 11.0 Å². The Hall–Kier alpha value is -2.62. The van der Waals surface area contributed by atoms with Crippen molar-refractivity contribution in [3.8, 4) is 0 Å². The predicted octanol–water partition coefficient (Wildman–Crippen LogP) is 4.15. The van der Waals surface area contributed by atoms with E-state index in [0.29, 0.717) is 11.9 Å². The van der Waals surface area contributed by atoms with Crippen LogP contribution in [0.15, 0.2) is 59.7 Å². The van der Waals surface area contributed by atoms with E-state index in [1.54, 1.807) is 0 Å². The highest BCUT2D eigenvalue weighted by Crippen LogP contribution is 2.17. The Morgan fingerprint density at radius 1 is 1.14 bits per heavy atom. The maximum absolute atomic E-state index is 4.41. The Morgan fingerprint density at radius 2 is 1.90 bits per heavy atom. The summed E-state index contributed by atoms with van der Waals surface area (Å²) in [4.78, 5) is 7.59. The van der Waals surface area contributed by atoms with Crippen LogP contribution >= 0.6 is 0 Å². The third-order valence-electron chi connectivity index (χ3n) is 3.48. The Balaban J connectivity index is 1.57. The van der Waals surface area contributed by atoms with E-state index in [0.717, 1.165) is 17.5 Å². The standard InChI is InChI=1S/C17H18N4/c1-13(14-7-3-2-4-8-14)11-12-18-21-17-19-15-9-5-6-10-16(15)20-17/h2-10,12-13H,11H2,1H3,(H2,19,20,21)/b18-12-/t13-/m0/s1. The number of aromatic nitrogens is 2. The molecule has 2 N–H and O–H groups in total. The van der Waals surface area contributed by atoms with E-state index in [-0.39, 0.29) is 0 Å². The molecule has 0 fully saturated rings. The third kappa shape index (κ3) is 3.28. The quantitative estimate of drug-likeness (QED) is 0.544. The SMILES string of the molecule is C[C@@H](C/C=N\Nc1nc2ccccc2[nH]1)c1ccccc1. The summed E-state index contributed by atoms with van der Waals surface area (Å²) in [5, 5.41) is 4.23. The van der Waals surface area contributed by atoms with Crippen LogP contribution in [0.3, 0.4) is 0 Å². The molecule has 0 saturated carbocycles. The molecule has 1 atom stereocenters. The molecule has 0 saturated heterocycles. The highest BCUT2D eigenvalue weighted by Gasteiger charge is 2.02. The number of aromatic amines is 1. The fraction of sp³-hybridized carbons (Fsp3) is 0.176. The lowest BCUT2D eigenvalue weighted by Crippen LogP contribution is -1.96. The number of hydrazone groups is 1. The summed E-state index contributed by atoms with van der Waals surface area (Å²) in [6.07, 6.45) is 2.78. The molecule has 0 bridgehead atoms. The molecular formula is C17H18N4. The van der Waals surface area contributed by atoms with Gasteiger partial charge < -0.3 is 4.98 Å². The van der Waals surface area contributed by atoms with E-state index in [9.17, 15) is 0 Å². The minimum absolute atomic E-state index is 0.451. The van der Waals surface area contributed by atoms with E-state index >= 15 is 0 Å². The minimum Gasteiger partial charge on any atom is -0.323 e. The zero-order valence-corrected chi connectivity index (χ0v) is 12.0. The molecule has 1 heterocycles. The molecule has 4 nitrogen and oxygen atoms in total. The molecule has 0 radical (unpaired) electrons. The molecule has 21 heavy (non-hydrogen) atoms. The molecule has 4 heteroatoms. The molecule has 3 aromatic rings. The molecule has 0 aliphatic heterocycles. The van der Waals surface area contributed by atoms with Crippen molar-refractivity contribution in [2.75, 3.05) is 5.43 Å². The second-order valence-corrected chi connectivity index (χ2v) is 5.07. The zero-order chi connectivity index (χ0) is 14.5. The maximum atomic E-state index is 4.41. The smallest absolute Gasteiger partial charge is 0.222 e. The van der Waals surface area contributed by atoms with E-state index in [1.165, 1.54) is 5.56 Å². The third-order valence-corrected chi connectivity index (χ3v) is 3.48. The number of rotatable bonds is 5. The van der Waals surface area contributed by atoms with Gasteiger partial charge in [0.1, 0.15) is 0 Å². The molecule has 0 spiro atoms. The normalized spacial score (nSPS) is 12.8. The number of nitrogens with zero attached hydrogens (tertiary/aromatic N) is 2. The summed E-state index contributed by atoms with van der Waals surface area (Å²) in [7, 11) is 0. The first-order chi connectivity index (χ1) is 10.3. The van der Waals surface area contributed by atoms with Gasteiger partial charge in [-0.2, -0.15) is 5.10 Å². The average molecular weight is 278 g/mol. The van der Waals surface area contributed by atoms with Crippen molar-refractivity contribution in [3.63, 3.8) is 0 Å². The first-order valence-electron chi connectivity index (χ1n) is 7.10. The first kappa shape index (κ1) is 13.4. The highest BCUT2D eigenvalue weighted by molar-refractivity contribution is 5.77. The van der Waals surface area contributed by atoms with Gasteiger partial charge in [0.25, 0.3) is 0 Å². The van der Waals surface area contributed by atoms with Crippen LogP contribution in [0.2, 0.25) is 0 Å². The fourth-order valence-electron chi connectivity index (χ4n) is 2.24. The summed E-state index contributed by atoms with van der Waals surface area (Å²) in [5.74, 6) is 1.12. The lowest BCUT2D eigenvalue weighted by molar-refractivity contribution is 0.812. The Bertz CT molecular complexity index is 698. The number of anilines is 1. The lowest BCUT2D eigenvalue weighted by Gasteiger charge is -2.07. The van der Waals surface area contributed by atoms with Gasteiger partial charge in [0.2, 0.25) is 5.95 Å². The van der Waals surface area contributed by atoms with Gasteiger partial charge in [-0.3, -0.25) is 0 Å². The maximum Gasteiger partial charge on any atom is 0.222 e. The van der Waals surface area contributed by atoms with Crippen LogP contribution < -0.4 is 5.43 Å². The van der Waals surface area contributed by atoms with E-state index < -0.39 is 0 Å². The van der Waals surface area contributed by atoms with E-state index in [4.69, 9.17) is 0 Å². The fourth-order valence-corrected chi connectivity index (χ4v) is 2.24. The van der Waals surface area contributed by atoms with Crippen LogP contribution in [0, 0.1) is 0 Å². The van der Waals surface area contributed by atoms with Crippen molar-refractivity contribution in [2.45, 2.75) is 19.3 Å². The van der Waals surface area contributed by atoms with Crippen LogP contribution in [0.25, 0.3) is 11.0 Å². The van der Waals surface area contributed by atoms with Crippen molar-refractivity contribution in [1.29, 1.82) is 0 Å². The minimum atomic E-state index is 0.451. The lowest BCUT2D eigenvalue weighted by atomic mass is 9.99. The second kappa shape index (κ2) is 6.22. The van der Waals surface area contributed by atoms with Crippen LogP contribution in [0.1, 0.15) is 24.8 Å².